The van der Waals surface area contributed by atoms with E-state index in [2.05, 4.69) is 55.3 Å². The molecule has 1 atom stereocenters. The molecule has 0 saturated carbocycles. The Morgan fingerprint density at radius 1 is 1.04 bits per heavy atom. The van der Waals surface area contributed by atoms with Gasteiger partial charge < -0.3 is 10.2 Å². The van der Waals surface area contributed by atoms with Gasteiger partial charge in [-0.2, -0.15) is 0 Å². The zero-order chi connectivity index (χ0) is 16.7. The first-order valence-electron chi connectivity index (χ1n) is 8.86. The topological polar surface area (TPSA) is 35.6 Å². The Hall–Kier alpha value is -1.55. The number of amides is 2. The molecular formula is C19H31N3O. The lowest BCUT2D eigenvalue weighted by atomic mass is 10.0. The minimum Gasteiger partial charge on any atom is -0.336 e. The molecule has 1 N–H and O–H groups in total. The molecular weight excluding hydrogens is 286 g/mol. The summed E-state index contributed by atoms with van der Waals surface area (Å²) in [6.45, 7) is 11.0. The van der Waals surface area contributed by atoms with Crippen LogP contribution in [-0.4, -0.2) is 48.1 Å². The van der Waals surface area contributed by atoms with Crippen LogP contribution >= 0.6 is 0 Å². The van der Waals surface area contributed by atoms with Crippen LogP contribution in [0.4, 0.5) is 4.79 Å². The van der Waals surface area contributed by atoms with Gasteiger partial charge in [-0.3, -0.25) is 4.90 Å². The van der Waals surface area contributed by atoms with Gasteiger partial charge in [0.1, 0.15) is 0 Å². The highest BCUT2D eigenvalue weighted by atomic mass is 16.2. The Morgan fingerprint density at radius 3 is 2.30 bits per heavy atom. The zero-order valence-electron chi connectivity index (χ0n) is 14.8. The lowest BCUT2D eigenvalue weighted by Crippen LogP contribution is -2.52. The van der Waals surface area contributed by atoms with Crippen molar-refractivity contribution in [3.05, 3.63) is 35.9 Å². The number of urea groups is 1. The normalized spacial score (nSPS) is 17.3. The minimum atomic E-state index is 0.0978. The van der Waals surface area contributed by atoms with Crippen LogP contribution in [0.1, 0.15) is 39.2 Å². The van der Waals surface area contributed by atoms with E-state index in [9.17, 15) is 4.79 Å². The van der Waals surface area contributed by atoms with Crippen molar-refractivity contribution in [3.63, 3.8) is 0 Å². The fourth-order valence-electron chi connectivity index (χ4n) is 2.91. The van der Waals surface area contributed by atoms with Gasteiger partial charge >= 0.3 is 6.03 Å². The number of carbonyl (C=O) groups is 1. The highest BCUT2D eigenvalue weighted by Gasteiger charge is 2.21. The van der Waals surface area contributed by atoms with Crippen molar-refractivity contribution >= 4 is 6.03 Å². The lowest BCUT2D eigenvalue weighted by Gasteiger charge is -2.35. The van der Waals surface area contributed by atoms with Gasteiger partial charge in [0.15, 0.2) is 0 Å². The summed E-state index contributed by atoms with van der Waals surface area (Å²) in [5.74, 6) is 0.691. The molecule has 0 aromatic heterocycles. The van der Waals surface area contributed by atoms with E-state index in [4.69, 9.17) is 0 Å². The van der Waals surface area contributed by atoms with E-state index in [1.165, 1.54) is 5.56 Å². The van der Waals surface area contributed by atoms with Crippen LogP contribution < -0.4 is 5.32 Å². The van der Waals surface area contributed by atoms with Crippen molar-refractivity contribution < 1.29 is 4.79 Å². The van der Waals surface area contributed by atoms with Gasteiger partial charge in [0, 0.05) is 38.8 Å². The van der Waals surface area contributed by atoms with Gasteiger partial charge in [0.25, 0.3) is 0 Å². The van der Waals surface area contributed by atoms with Gasteiger partial charge in [0.2, 0.25) is 0 Å². The summed E-state index contributed by atoms with van der Waals surface area (Å²) >= 11 is 0. The summed E-state index contributed by atoms with van der Waals surface area (Å²) in [7, 11) is 0. The first kappa shape index (κ1) is 17.8. The Balaban J connectivity index is 1.70. The molecule has 4 nitrogen and oxygen atoms in total. The van der Waals surface area contributed by atoms with Crippen molar-refractivity contribution in [2.75, 3.05) is 26.2 Å². The molecule has 1 saturated heterocycles. The average molecular weight is 317 g/mol. The quantitative estimate of drug-likeness (QED) is 0.873. The third-order valence-electron chi connectivity index (χ3n) is 4.46. The molecule has 128 valence electrons. The van der Waals surface area contributed by atoms with E-state index >= 15 is 0 Å². The fraction of sp³-hybridized carbons (Fsp3) is 0.632. The highest BCUT2D eigenvalue weighted by molar-refractivity contribution is 5.74. The van der Waals surface area contributed by atoms with E-state index in [0.29, 0.717) is 5.92 Å². The zero-order valence-corrected chi connectivity index (χ0v) is 14.8. The summed E-state index contributed by atoms with van der Waals surface area (Å²) < 4.78 is 0. The van der Waals surface area contributed by atoms with Crippen LogP contribution in [-0.2, 0) is 6.54 Å². The molecule has 1 aliphatic heterocycles. The maximum absolute atomic E-state index is 12.3. The standard InChI is InChI=1S/C19H31N3O/c1-16(2)9-10-17(3)20-19(23)22-13-11-21(12-14-22)15-18-7-5-4-6-8-18/h4-8,16-17H,9-15H2,1-3H3,(H,20,23). The van der Waals surface area contributed by atoms with E-state index in [1.54, 1.807) is 0 Å². The number of nitrogens with zero attached hydrogens (tertiary/aromatic N) is 2. The maximum atomic E-state index is 12.3. The summed E-state index contributed by atoms with van der Waals surface area (Å²) in [6.07, 6.45) is 2.21. The van der Waals surface area contributed by atoms with Crippen LogP contribution in [0.2, 0.25) is 0 Å². The van der Waals surface area contributed by atoms with Crippen molar-refractivity contribution in [1.29, 1.82) is 0 Å². The molecule has 23 heavy (non-hydrogen) atoms. The summed E-state index contributed by atoms with van der Waals surface area (Å²) in [4.78, 5) is 16.7. The lowest BCUT2D eigenvalue weighted by molar-refractivity contribution is 0.133. The number of nitrogens with one attached hydrogen (secondary N) is 1. The molecule has 1 unspecified atom stereocenters. The van der Waals surface area contributed by atoms with Crippen molar-refractivity contribution in [2.45, 2.75) is 46.2 Å². The number of benzene rings is 1. The number of hydrogen-bond donors (Lipinski definition) is 1. The molecule has 4 heteroatoms. The average Bonchev–Trinajstić information content (AvgIpc) is 2.54. The molecule has 2 amide bonds. The minimum absolute atomic E-state index is 0.0978. The summed E-state index contributed by atoms with van der Waals surface area (Å²) in [6, 6.07) is 10.9. The molecule has 0 bridgehead atoms. The third kappa shape index (κ3) is 6.22. The fourth-order valence-corrected chi connectivity index (χ4v) is 2.91. The Bertz CT molecular complexity index is 467. The van der Waals surface area contributed by atoms with Gasteiger partial charge in [-0.25, -0.2) is 4.79 Å². The second-order valence-corrected chi connectivity index (χ2v) is 7.07. The molecule has 1 aliphatic rings. The summed E-state index contributed by atoms with van der Waals surface area (Å²) in [5, 5.41) is 3.14. The number of piperazine rings is 1. The molecule has 0 spiro atoms. The number of carbonyl (C=O) groups excluding carboxylic acids is 1. The number of hydrogen-bond acceptors (Lipinski definition) is 2. The predicted molar refractivity (Wildman–Crippen MR) is 95.4 cm³/mol. The van der Waals surface area contributed by atoms with Crippen LogP contribution in [0.5, 0.6) is 0 Å². The molecule has 2 rings (SSSR count). The van der Waals surface area contributed by atoms with Crippen LogP contribution in [0, 0.1) is 5.92 Å². The molecule has 1 aromatic rings. The molecule has 1 fully saturated rings. The van der Waals surface area contributed by atoms with Crippen LogP contribution in [0.15, 0.2) is 30.3 Å². The predicted octanol–water partition coefficient (Wildman–Crippen LogP) is 3.34. The van der Waals surface area contributed by atoms with Crippen LogP contribution in [0.3, 0.4) is 0 Å². The van der Waals surface area contributed by atoms with Crippen LogP contribution in [0.25, 0.3) is 0 Å². The van der Waals surface area contributed by atoms with Gasteiger partial charge in [0.05, 0.1) is 0 Å². The van der Waals surface area contributed by atoms with Crippen molar-refractivity contribution in [1.82, 2.24) is 15.1 Å². The molecule has 0 aliphatic carbocycles. The Morgan fingerprint density at radius 2 is 1.70 bits per heavy atom. The smallest absolute Gasteiger partial charge is 0.317 e. The first-order chi connectivity index (χ1) is 11.0. The second-order valence-electron chi connectivity index (χ2n) is 7.07. The maximum Gasteiger partial charge on any atom is 0.317 e. The highest BCUT2D eigenvalue weighted by Crippen LogP contribution is 2.10. The largest absolute Gasteiger partial charge is 0.336 e. The second kappa shape index (κ2) is 8.92. The number of rotatable bonds is 6. The van der Waals surface area contributed by atoms with Crippen molar-refractivity contribution in [3.8, 4) is 0 Å². The Kier molecular flexibility index (Phi) is 6.90. The summed E-state index contributed by atoms with van der Waals surface area (Å²) in [5.41, 5.74) is 1.34. The SMILES string of the molecule is CC(C)CCC(C)NC(=O)N1CCN(Cc2ccccc2)CC1. The molecule has 0 radical (unpaired) electrons. The molecule has 1 heterocycles. The van der Waals surface area contributed by atoms with E-state index in [0.717, 1.165) is 45.6 Å². The van der Waals surface area contributed by atoms with Crippen molar-refractivity contribution in [2.24, 2.45) is 5.92 Å². The van der Waals surface area contributed by atoms with Gasteiger partial charge in [-0.15, -0.1) is 0 Å². The van der Waals surface area contributed by atoms with E-state index in [1.807, 2.05) is 11.0 Å². The van der Waals surface area contributed by atoms with E-state index < -0.39 is 0 Å². The molecule has 1 aromatic carbocycles. The monoisotopic (exact) mass is 317 g/mol. The first-order valence-corrected chi connectivity index (χ1v) is 8.86. The van der Waals surface area contributed by atoms with Gasteiger partial charge in [-0.05, 0) is 31.2 Å². The Labute approximate surface area is 140 Å². The van der Waals surface area contributed by atoms with E-state index in [-0.39, 0.29) is 12.1 Å². The van der Waals surface area contributed by atoms with Gasteiger partial charge in [-0.1, -0.05) is 44.2 Å². The third-order valence-corrected chi connectivity index (χ3v) is 4.46.